The van der Waals surface area contributed by atoms with Crippen LogP contribution in [0.4, 0.5) is 5.69 Å². The number of carbonyl (C=O) groups excluding carboxylic acids is 1. The highest BCUT2D eigenvalue weighted by Gasteiger charge is 2.32. The number of anilines is 1. The molecule has 2 atom stereocenters. The summed E-state index contributed by atoms with van der Waals surface area (Å²) >= 11 is 6.20. The maximum Gasteiger partial charge on any atom is 0.257 e. The van der Waals surface area contributed by atoms with E-state index in [4.69, 9.17) is 11.6 Å². The van der Waals surface area contributed by atoms with Crippen LogP contribution < -0.4 is 5.32 Å². The van der Waals surface area contributed by atoms with Gasteiger partial charge < -0.3 is 5.32 Å². The van der Waals surface area contributed by atoms with Gasteiger partial charge in [0.1, 0.15) is 0 Å². The molecule has 1 aliphatic heterocycles. The topological polar surface area (TPSA) is 66.5 Å². The number of benzene rings is 2. The van der Waals surface area contributed by atoms with Crippen LogP contribution in [0.1, 0.15) is 36.2 Å². The van der Waals surface area contributed by atoms with E-state index in [0.29, 0.717) is 30.6 Å². The number of carbonyl (C=O) groups is 1. The molecule has 2 aromatic rings. The summed E-state index contributed by atoms with van der Waals surface area (Å²) in [6.45, 7) is 7.04. The molecule has 2 aromatic carbocycles. The minimum atomic E-state index is -3.68. The fourth-order valence-corrected chi connectivity index (χ4v) is 5.54. The van der Waals surface area contributed by atoms with E-state index in [1.807, 2.05) is 19.1 Å². The molecule has 150 valence electrons. The van der Waals surface area contributed by atoms with Crippen molar-refractivity contribution < 1.29 is 13.2 Å². The molecule has 0 bridgehead atoms. The third-order valence-electron chi connectivity index (χ3n) is 4.97. The SMILES string of the molecule is Cc1ccc(NC(=O)c2cc(S(=O)(=O)N3C[C@H](C)C[C@@H](C)C3)ccc2Cl)cc1. The molecule has 1 N–H and O–H groups in total. The Morgan fingerprint density at radius 3 is 2.29 bits per heavy atom. The molecule has 0 saturated carbocycles. The highest BCUT2D eigenvalue weighted by Crippen LogP contribution is 2.29. The number of aryl methyl sites for hydroxylation is 1. The van der Waals surface area contributed by atoms with Gasteiger partial charge in [-0.25, -0.2) is 8.42 Å². The van der Waals surface area contributed by atoms with Gasteiger partial charge in [0.25, 0.3) is 5.91 Å². The zero-order valence-corrected chi connectivity index (χ0v) is 17.8. The van der Waals surface area contributed by atoms with Crippen molar-refractivity contribution in [3.63, 3.8) is 0 Å². The first-order valence-electron chi connectivity index (χ1n) is 9.34. The number of sulfonamides is 1. The van der Waals surface area contributed by atoms with Gasteiger partial charge in [0, 0.05) is 18.8 Å². The third-order valence-corrected chi connectivity index (χ3v) is 7.12. The van der Waals surface area contributed by atoms with Crippen LogP contribution in [0.25, 0.3) is 0 Å². The summed E-state index contributed by atoms with van der Waals surface area (Å²) in [4.78, 5) is 12.8. The molecule has 28 heavy (non-hydrogen) atoms. The van der Waals surface area contributed by atoms with E-state index < -0.39 is 15.9 Å². The van der Waals surface area contributed by atoms with E-state index >= 15 is 0 Å². The lowest BCUT2D eigenvalue weighted by molar-refractivity contribution is 0.102. The Bertz CT molecular complexity index is 964. The molecular formula is C21H25ClN2O3S. The second kappa shape index (κ2) is 8.23. The van der Waals surface area contributed by atoms with Crippen molar-refractivity contribution >= 4 is 33.2 Å². The summed E-state index contributed by atoms with van der Waals surface area (Å²) in [6, 6.07) is 11.6. The molecule has 1 amide bonds. The van der Waals surface area contributed by atoms with Crippen LogP contribution >= 0.6 is 11.6 Å². The quantitative estimate of drug-likeness (QED) is 0.787. The van der Waals surface area contributed by atoms with Gasteiger partial charge in [-0.3, -0.25) is 4.79 Å². The molecule has 7 heteroatoms. The highest BCUT2D eigenvalue weighted by molar-refractivity contribution is 7.89. The van der Waals surface area contributed by atoms with Crippen LogP contribution in [0.15, 0.2) is 47.4 Å². The predicted octanol–water partition coefficient (Wildman–Crippen LogP) is 4.57. The Morgan fingerprint density at radius 1 is 1.07 bits per heavy atom. The van der Waals surface area contributed by atoms with Gasteiger partial charge in [0.15, 0.2) is 0 Å². The Morgan fingerprint density at radius 2 is 1.68 bits per heavy atom. The number of piperidine rings is 1. The average molecular weight is 421 g/mol. The Labute approximate surface area is 171 Å². The van der Waals surface area contributed by atoms with Gasteiger partial charge in [-0.1, -0.05) is 43.1 Å². The van der Waals surface area contributed by atoms with Crippen molar-refractivity contribution in [2.75, 3.05) is 18.4 Å². The molecule has 3 rings (SSSR count). The molecule has 1 fully saturated rings. The first-order chi connectivity index (χ1) is 13.2. The van der Waals surface area contributed by atoms with E-state index in [2.05, 4.69) is 19.2 Å². The smallest absolute Gasteiger partial charge is 0.257 e. The summed E-state index contributed by atoms with van der Waals surface area (Å²) in [5.74, 6) is 0.163. The monoisotopic (exact) mass is 420 g/mol. The first-order valence-corrected chi connectivity index (χ1v) is 11.2. The van der Waals surface area contributed by atoms with Crippen LogP contribution in [0, 0.1) is 18.8 Å². The van der Waals surface area contributed by atoms with E-state index in [1.165, 1.54) is 22.5 Å². The molecule has 0 aliphatic carbocycles. The van der Waals surface area contributed by atoms with Crippen molar-refractivity contribution in [2.24, 2.45) is 11.8 Å². The molecule has 1 saturated heterocycles. The maximum absolute atomic E-state index is 13.1. The lowest BCUT2D eigenvalue weighted by atomic mass is 9.94. The Balaban J connectivity index is 1.88. The average Bonchev–Trinajstić information content (AvgIpc) is 2.63. The van der Waals surface area contributed by atoms with Crippen molar-refractivity contribution in [1.82, 2.24) is 4.31 Å². The van der Waals surface area contributed by atoms with Crippen LogP contribution in [-0.2, 0) is 10.0 Å². The van der Waals surface area contributed by atoms with E-state index in [1.54, 1.807) is 12.1 Å². The number of nitrogens with one attached hydrogen (secondary N) is 1. The number of amides is 1. The van der Waals surface area contributed by atoms with E-state index in [0.717, 1.165) is 12.0 Å². The molecule has 0 unspecified atom stereocenters. The van der Waals surface area contributed by atoms with Crippen molar-refractivity contribution in [3.05, 3.63) is 58.6 Å². The minimum absolute atomic E-state index is 0.0901. The minimum Gasteiger partial charge on any atom is -0.322 e. The number of rotatable bonds is 4. The lowest BCUT2D eigenvalue weighted by Gasteiger charge is -2.34. The van der Waals surface area contributed by atoms with Gasteiger partial charge in [-0.05, 0) is 55.5 Å². The second-order valence-corrected chi connectivity index (χ2v) is 10.1. The second-order valence-electron chi connectivity index (χ2n) is 7.73. The fraction of sp³-hybridized carbons (Fsp3) is 0.381. The van der Waals surface area contributed by atoms with Crippen molar-refractivity contribution in [3.8, 4) is 0 Å². The summed E-state index contributed by atoms with van der Waals surface area (Å²) < 4.78 is 27.7. The zero-order chi connectivity index (χ0) is 20.5. The van der Waals surface area contributed by atoms with Gasteiger partial charge in [0.2, 0.25) is 10.0 Å². The standard InChI is InChI=1S/C21H25ClN2O3S/c1-14-4-6-17(7-5-14)23-21(25)19-11-18(8-9-20(19)22)28(26,27)24-12-15(2)10-16(3)13-24/h4-9,11,15-16H,10,12-13H2,1-3H3,(H,23,25)/t15-,16-/m1/s1. The normalized spacial score (nSPS) is 20.7. The molecular weight excluding hydrogens is 396 g/mol. The van der Waals surface area contributed by atoms with Gasteiger partial charge in [0.05, 0.1) is 15.5 Å². The number of hydrogen-bond donors (Lipinski definition) is 1. The number of halogens is 1. The van der Waals surface area contributed by atoms with Crippen LogP contribution in [0.5, 0.6) is 0 Å². The molecule has 0 radical (unpaired) electrons. The van der Waals surface area contributed by atoms with Gasteiger partial charge >= 0.3 is 0 Å². The molecule has 0 spiro atoms. The van der Waals surface area contributed by atoms with Crippen molar-refractivity contribution in [2.45, 2.75) is 32.1 Å². The van der Waals surface area contributed by atoms with Gasteiger partial charge in [-0.15, -0.1) is 0 Å². The number of hydrogen-bond acceptors (Lipinski definition) is 3. The molecule has 0 aromatic heterocycles. The van der Waals surface area contributed by atoms with Gasteiger partial charge in [-0.2, -0.15) is 4.31 Å². The molecule has 1 aliphatic rings. The molecule has 5 nitrogen and oxygen atoms in total. The zero-order valence-electron chi connectivity index (χ0n) is 16.3. The number of nitrogens with zero attached hydrogens (tertiary/aromatic N) is 1. The van der Waals surface area contributed by atoms with Crippen molar-refractivity contribution in [1.29, 1.82) is 0 Å². The maximum atomic E-state index is 13.1. The summed E-state index contributed by atoms with van der Waals surface area (Å²) in [5, 5.41) is 2.98. The Kier molecular flexibility index (Phi) is 6.12. The van der Waals surface area contributed by atoms with E-state index in [-0.39, 0.29) is 15.5 Å². The summed E-state index contributed by atoms with van der Waals surface area (Å²) in [6.07, 6.45) is 1.01. The summed E-state index contributed by atoms with van der Waals surface area (Å²) in [5.41, 5.74) is 1.84. The third kappa shape index (κ3) is 4.57. The predicted molar refractivity (Wildman–Crippen MR) is 112 cm³/mol. The fourth-order valence-electron chi connectivity index (χ4n) is 3.63. The highest BCUT2D eigenvalue weighted by atomic mass is 35.5. The lowest BCUT2D eigenvalue weighted by Crippen LogP contribution is -2.42. The Hall–Kier alpha value is -1.89. The first kappa shape index (κ1) is 20.8. The van der Waals surface area contributed by atoms with Crippen LogP contribution in [-0.4, -0.2) is 31.7 Å². The van der Waals surface area contributed by atoms with Crippen LogP contribution in [0.3, 0.4) is 0 Å². The largest absolute Gasteiger partial charge is 0.322 e. The van der Waals surface area contributed by atoms with E-state index in [9.17, 15) is 13.2 Å². The summed E-state index contributed by atoms with van der Waals surface area (Å²) in [7, 11) is -3.68. The molecule has 1 heterocycles. The van der Waals surface area contributed by atoms with Crippen LogP contribution in [0.2, 0.25) is 5.02 Å².